The van der Waals surface area contributed by atoms with Gasteiger partial charge in [-0.25, -0.2) is 14.6 Å². The second-order valence-electron chi connectivity index (χ2n) is 10.4. The molecule has 0 spiro atoms. The van der Waals surface area contributed by atoms with Crippen LogP contribution in [0.15, 0.2) is 48.5 Å². The molecule has 0 radical (unpaired) electrons. The lowest BCUT2D eigenvalue weighted by Gasteiger charge is -2.27. The van der Waals surface area contributed by atoms with E-state index in [0.717, 1.165) is 27.8 Å². The number of carbonyl (C=O) groups excluding carboxylic acids is 2. The molecule has 216 valence electrons. The largest absolute Gasteiger partial charge is 0.463 e. The number of esters is 1. The Morgan fingerprint density at radius 3 is 2.30 bits per heavy atom. The second kappa shape index (κ2) is 14.0. The van der Waals surface area contributed by atoms with Crippen molar-refractivity contribution in [3.8, 4) is 0 Å². The Balaban J connectivity index is 1.86. The Bertz CT molecular complexity index is 1300. The van der Waals surface area contributed by atoms with Crippen molar-refractivity contribution in [3.63, 3.8) is 0 Å². The minimum Gasteiger partial charge on any atom is -0.463 e. The smallest absolute Gasteiger partial charge is 0.410 e. The third kappa shape index (κ3) is 8.56. The van der Waals surface area contributed by atoms with Crippen LogP contribution in [0.2, 0.25) is 0 Å². The maximum Gasteiger partial charge on any atom is 0.410 e. The van der Waals surface area contributed by atoms with Gasteiger partial charge >= 0.3 is 12.1 Å². The quantitative estimate of drug-likeness (QED) is 0.257. The van der Waals surface area contributed by atoms with E-state index in [9.17, 15) is 19.8 Å². The number of imidazole rings is 1. The summed E-state index contributed by atoms with van der Waals surface area (Å²) in [5.74, 6) is 0.287. The van der Waals surface area contributed by atoms with Gasteiger partial charge in [-0.1, -0.05) is 24.3 Å². The molecule has 0 saturated heterocycles. The van der Waals surface area contributed by atoms with Crippen molar-refractivity contribution in [1.82, 2.24) is 14.5 Å². The van der Waals surface area contributed by atoms with Crippen molar-refractivity contribution < 1.29 is 29.3 Å². The Morgan fingerprint density at radius 2 is 1.70 bits per heavy atom. The highest BCUT2D eigenvalue weighted by Crippen LogP contribution is 2.24. The van der Waals surface area contributed by atoms with Crippen molar-refractivity contribution in [1.29, 1.82) is 0 Å². The van der Waals surface area contributed by atoms with Crippen LogP contribution in [0.3, 0.4) is 0 Å². The molecule has 0 bridgehead atoms. The van der Waals surface area contributed by atoms with Crippen LogP contribution in [0.1, 0.15) is 44.6 Å². The summed E-state index contributed by atoms with van der Waals surface area (Å²) in [5, 5.41) is 18.8. The van der Waals surface area contributed by atoms with Crippen LogP contribution in [0.4, 0.5) is 10.5 Å². The van der Waals surface area contributed by atoms with Crippen LogP contribution in [0, 0.1) is 0 Å². The number of fused-ring (bicyclic) bond motifs is 1. The first-order chi connectivity index (χ1) is 19.0. The summed E-state index contributed by atoms with van der Waals surface area (Å²) in [6.07, 6.45) is 2.61. The molecule has 0 aliphatic heterocycles. The van der Waals surface area contributed by atoms with Crippen LogP contribution in [-0.2, 0) is 34.4 Å². The van der Waals surface area contributed by atoms with Gasteiger partial charge in [-0.15, -0.1) is 0 Å². The number of aromatic nitrogens is 2. The fraction of sp³-hybridized carbons (Fsp3) is 0.433. The molecule has 3 rings (SSSR count). The Labute approximate surface area is 235 Å². The number of benzene rings is 2. The summed E-state index contributed by atoms with van der Waals surface area (Å²) in [5.41, 5.74) is 3.56. The zero-order valence-electron chi connectivity index (χ0n) is 24.0. The number of rotatable bonds is 12. The number of carbonyl (C=O) groups is 2. The number of aliphatic hydroxyl groups excluding tert-OH is 2. The van der Waals surface area contributed by atoms with Gasteiger partial charge in [0, 0.05) is 38.4 Å². The highest BCUT2D eigenvalue weighted by Gasteiger charge is 2.24. The minimum absolute atomic E-state index is 0.0288. The minimum atomic E-state index is -0.665. The molecular formula is C30H40N4O6. The normalized spacial score (nSPS) is 11.7. The van der Waals surface area contributed by atoms with Crippen LogP contribution >= 0.6 is 0 Å². The number of aliphatic hydroxyl groups is 2. The lowest BCUT2D eigenvalue weighted by atomic mass is 10.1. The van der Waals surface area contributed by atoms with Crippen molar-refractivity contribution >= 4 is 34.9 Å². The van der Waals surface area contributed by atoms with Crippen molar-refractivity contribution in [2.45, 2.75) is 46.4 Å². The molecule has 0 saturated carbocycles. The van der Waals surface area contributed by atoms with Gasteiger partial charge < -0.3 is 29.2 Å². The first-order valence-corrected chi connectivity index (χ1v) is 13.4. The van der Waals surface area contributed by atoms with E-state index in [1.54, 1.807) is 17.9 Å². The van der Waals surface area contributed by atoms with Crippen LogP contribution < -0.4 is 4.90 Å². The number of hydrogen-bond acceptors (Lipinski definition) is 8. The lowest BCUT2D eigenvalue weighted by molar-refractivity contribution is -0.137. The van der Waals surface area contributed by atoms with Crippen molar-refractivity contribution in [3.05, 3.63) is 65.5 Å². The molecule has 10 heteroatoms. The molecule has 1 heterocycles. The van der Waals surface area contributed by atoms with E-state index in [0.29, 0.717) is 32.1 Å². The zero-order chi connectivity index (χ0) is 29.3. The summed E-state index contributed by atoms with van der Waals surface area (Å²) in [6, 6.07) is 13.4. The Morgan fingerprint density at radius 1 is 1.02 bits per heavy atom. The second-order valence-corrected chi connectivity index (χ2v) is 10.4. The number of anilines is 1. The van der Waals surface area contributed by atoms with Crippen molar-refractivity contribution in [2.75, 3.05) is 37.8 Å². The van der Waals surface area contributed by atoms with Gasteiger partial charge in [0.15, 0.2) is 0 Å². The average Bonchev–Trinajstić information content (AvgIpc) is 3.21. The van der Waals surface area contributed by atoms with Crippen molar-refractivity contribution in [2.24, 2.45) is 7.05 Å². The number of hydrogen-bond donors (Lipinski definition) is 2. The summed E-state index contributed by atoms with van der Waals surface area (Å²) < 4.78 is 12.6. The first-order valence-electron chi connectivity index (χ1n) is 13.4. The number of nitrogens with zero attached hydrogens (tertiary/aromatic N) is 4. The van der Waals surface area contributed by atoms with Gasteiger partial charge in [0.05, 0.1) is 37.4 Å². The van der Waals surface area contributed by atoms with Crippen LogP contribution in [0.5, 0.6) is 0 Å². The summed E-state index contributed by atoms with van der Waals surface area (Å²) in [4.78, 5) is 33.2. The molecule has 0 atom stereocenters. The summed E-state index contributed by atoms with van der Waals surface area (Å²) in [7, 11) is 1.90. The molecule has 0 unspecified atom stereocenters. The molecule has 0 aliphatic rings. The van der Waals surface area contributed by atoms with E-state index in [-0.39, 0.29) is 19.8 Å². The maximum atomic E-state index is 13.2. The number of ether oxygens (including phenoxy) is 2. The van der Waals surface area contributed by atoms with Crippen LogP contribution in [-0.4, -0.2) is 75.2 Å². The highest BCUT2D eigenvalue weighted by molar-refractivity contribution is 5.87. The molecule has 2 aromatic carbocycles. The van der Waals surface area contributed by atoms with E-state index in [4.69, 9.17) is 14.5 Å². The van der Waals surface area contributed by atoms with E-state index in [1.807, 2.05) is 79.8 Å². The molecule has 1 aromatic heterocycles. The first kappa shape index (κ1) is 30.6. The predicted octanol–water partition coefficient (Wildman–Crippen LogP) is 3.88. The van der Waals surface area contributed by atoms with E-state index in [2.05, 4.69) is 0 Å². The lowest BCUT2D eigenvalue weighted by Crippen LogP contribution is -2.36. The van der Waals surface area contributed by atoms with Crippen LogP contribution in [0.25, 0.3) is 17.1 Å². The molecule has 10 nitrogen and oxygen atoms in total. The predicted molar refractivity (Wildman–Crippen MR) is 155 cm³/mol. The standard InChI is InChI=1S/C30H40N4O6/c1-6-39-28(37)14-11-22-7-9-23(10-8-22)20-34(29(38)40-30(2,3)4)21-27-31-25-19-24(12-13-26(25)32(27)5)33(15-17-35)16-18-36/h7-14,19,35-36H,6,15-18,20-21H2,1-5H3/b14-11+. The van der Waals surface area contributed by atoms with Gasteiger partial charge in [-0.05, 0) is 63.1 Å². The summed E-state index contributed by atoms with van der Waals surface area (Å²) >= 11 is 0. The molecule has 0 aliphatic carbocycles. The number of aryl methyl sites for hydroxylation is 1. The van der Waals surface area contributed by atoms with Gasteiger partial charge in [-0.3, -0.25) is 4.90 Å². The van der Waals surface area contributed by atoms with Gasteiger partial charge in [0.2, 0.25) is 0 Å². The van der Waals surface area contributed by atoms with Gasteiger partial charge in [0.1, 0.15) is 11.4 Å². The number of amides is 1. The molecule has 40 heavy (non-hydrogen) atoms. The maximum absolute atomic E-state index is 13.2. The monoisotopic (exact) mass is 552 g/mol. The van der Waals surface area contributed by atoms with E-state index >= 15 is 0 Å². The molecule has 2 N–H and O–H groups in total. The fourth-order valence-corrected chi connectivity index (χ4v) is 4.18. The topological polar surface area (TPSA) is 117 Å². The Kier molecular flexibility index (Phi) is 10.7. The fourth-order valence-electron chi connectivity index (χ4n) is 4.18. The molecule has 0 fully saturated rings. The molecule has 3 aromatic rings. The zero-order valence-corrected chi connectivity index (χ0v) is 24.0. The SMILES string of the molecule is CCOC(=O)/C=C/c1ccc(CN(Cc2nc3cc(N(CCO)CCO)ccc3n2C)C(=O)OC(C)(C)C)cc1. The molecular weight excluding hydrogens is 512 g/mol. The third-order valence-corrected chi connectivity index (χ3v) is 6.10. The molecule has 1 amide bonds. The van der Waals surface area contributed by atoms with E-state index < -0.39 is 17.7 Å². The summed E-state index contributed by atoms with van der Waals surface area (Å²) in [6.45, 7) is 8.82. The highest BCUT2D eigenvalue weighted by atomic mass is 16.6. The van der Waals surface area contributed by atoms with E-state index in [1.165, 1.54) is 6.08 Å². The van der Waals surface area contributed by atoms with Gasteiger partial charge in [-0.2, -0.15) is 0 Å². The third-order valence-electron chi connectivity index (χ3n) is 6.10. The van der Waals surface area contributed by atoms with Gasteiger partial charge in [0.25, 0.3) is 0 Å². The Hall–Kier alpha value is -3.89. The average molecular weight is 553 g/mol.